The molecule has 0 aliphatic heterocycles. The van der Waals surface area contributed by atoms with Crippen molar-refractivity contribution in [3.05, 3.63) is 62.8 Å². The third kappa shape index (κ3) is 16.8. The maximum Gasteiger partial charge on any atom is 0.330 e. The average Bonchev–Trinajstić information content (AvgIpc) is 3.03. The molecule has 0 aliphatic rings. The van der Waals surface area contributed by atoms with Crippen LogP contribution >= 0.6 is 0 Å². The van der Waals surface area contributed by atoms with Gasteiger partial charge in [-0.15, -0.1) is 0 Å². The highest BCUT2D eigenvalue weighted by Gasteiger charge is 2.37. The fourth-order valence-corrected chi connectivity index (χ4v) is 3.19. The van der Waals surface area contributed by atoms with Crippen molar-refractivity contribution in [1.29, 1.82) is 0 Å². The van der Waals surface area contributed by atoms with Gasteiger partial charge in [0.1, 0.15) is 39.6 Å². The maximum atomic E-state index is 12.4. The van der Waals surface area contributed by atoms with Crippen LogP contribution in [-0.2, 0) is 66.7 Å². The van der Waals surface area contributed by atoms with Crippen LogP contribution in [0.4, 0.5) is 0 Å². The Balaban J connectivity index is 5.19. The number of hydrogen-bond donors (Lipinski definition) is 0. The Morgan fingerprint density at radius 3 is 0.932 bits per heavy atom. The molecule has 0 heterocycles. The van der Waals surface area contributed by atoms with Crippen LogP contribution < -0.4 is 0 Å². The molecule has 0 saturated heterocycles. The smallest absolute Gasteiger partial charge is 0.330 e. The van der Waals surface area contributed by atoms with E-state index < -0.39 is 46.6 Å². The van der Waals surface area contributed by atoms with Crippen molar-refractivity contribution in [2.45, 2.75) is 12.8 Å². The van der Waals surface area contributed by atoms with Gasteiger partial charge in [0, 0.05) is 38.5 Å². The molecule has 14 heteroatoms. The Morgan fingerprint density at radius 1 is 0.455 bits per heavy atom. The lowest BCUT2D eigenvalue weighted by atomic mass is 9.92. The summed E-state index contributed by atoms with van der Waals surface area (Å²) in [7, 11) is 2.73. The molecule has 0 fully saturated rings. The number of ether oxygens (including phenoxy) is 8. The van der Waals surface area contributed by atoms with Gasteiger partial charge in [0.2, 0.25) is 0 Å². The number of carbonyl (C=O) groups is 6. The zero-order valence-electron chi connectivity index (χ0n) is 25.1. The van der Waals surface area contributed by atoms with E-state index in [4.69, 9.17) is 37.9 Å². The molecule has 0 unspecified atom stereocenters. The molecule has 0 spiro atoms. The second-order valence-corrected chi connectivity index (χ2v) is 9.31. The van der Waals surface area contributed by atoms with E-state index >= 15 is 0 Å². The van der Waals surface area contributed by atoms with Gasteiger partial charge in [-0.25, -0.2) is 19.2 Å². The van der Waals surface area contributed by atoms with E-state index in [9.17, 15) is 28.8 Å². The van der Waals surface area contributed by atoms with Gasteiger partial charge in [-0.1, -0.05) is 38.5 Å². The topological polar surface area (TPSA) is 176 Å². The van der Waals surface area contributed by atoms with Crippen molar-refractivity contribution in [1.82, 2.24) is 0 Å². The highest BCUT2D eigenvalue weighted by Crippen LogP contribution is 2.22. The fraction of sp³-hybridized carbons (Fsp3) is 0.467. The summed E-state index contributed by atoms with van der Waals surface area (Å²) in [5, 5.41) is 0. The van der Waals surface area contributed by atoms with Crippen LogP contribution in [0.15, 0.2) is 62.8 Å². The summed E-state index contributed by atoms with van der Waals surface area (Å²) in [6.07, 6.45) is 6.05. The Morgan fingerprint density at radius 2 is 0.705 bits per heavy atom. The summed E-state index contributed by atoms with van der Waals surface area (Å²) in [4.78, 5) is 71.1. The molecule has 0 saturated carbocycles. The van der Waals surface area contributed by atoms with Gasteiger partial charge in [-0.3, -0.25) is 9.59 Å². The predicted molar refractivity (Wildman–Crippen MR) is 154 cm³/mol. The van der Waals surface area contributed by atoms with E-state index in [1.807, 2.05) is 0 Å². The molecular weight excluding hydrogens is 584 g/mol. The molecule has 0 aromatic heterocycles. The number of methoxy groups -OCH3 is 2. The van der Waals surface area contributed by atoms with Crippen LogP contribution in [0.2, 0.25) is 0 Å². The molecule has 0 radical (unpaired) electrons. The molecule has 0 N–H and O–H groups in total. The number of esters is 6. The second-order valence-electron chi connectivity index (χ2n) is 9.31. The normalized spacial score (nSPS) is 11.0. The first-order chi connectivity index (χ1) is 20.9. The monoisotopic (exact) mass is 624 g/mol. The van der Waals surface area contributed by atoms with E-state index in [1.165, 1.54) is 26.4 Å². The van der Waals surface area contributed by atoms with Gasteiger partial charge in [0.25, 0.3) is 0 Å². The molecule has 14 nitrogen and oxygen atoms in total. The number of hydrogen-bond acceptors (Lipinski definition) is 14. The van der Waals surface area contributed by atoms with Crippen molar-refractivity contribution in [3.8, 4) is 0 Å². The second kappa shape index (κ2) is 22.0. The zero-order chi connectivity index (χ0) is 33.4. The molecule has 0 aromatic rings. The fourth-order valence-electron chi connectivity index (χ4n) is 3.19. The summed E-state index contributed by atoms with van der Waals surface area (Å²) in [5.41, 5.74) is -2.44. The third-order valence-corrected chi connectivity index (χ3v) is 5.46. The van der Waals surface area contributed by atoms with Crippen LogP contribution in [0.3, 0.4) is 0 Å². The van der Waals surface area contributed by atoms with Crippen LogP contribution in [0.5, 0.6) is 0 Å². The Hall–Kier alpha value is -4.56. The SMILES string of the molecule is C=CC(=O)OCC(COC)(COC(=O)C=C)COC(=O)C/C=C/CC(=O)OCC(COC)(COC(=O)C=C)COC(=O)C=C. The Labute approximate surface area is 256 Å². The van der Waals surface area contributed by atoms with E-state index in [1.54, 1.807) is 0 Å². The Bertz CT molecular complexity index is 928. The van der Waals surface area contributed by atoms with Crippen molar-refractivity contribution < 1.29 is 66.7 Å². The van der Waals surface area contributed by atoms with E-state index in [0.717, 1.165) is 24.3 Å². The summed E-state index contributed by atoms with van der Waals surface area (Å²) in [6.45, 7) is 11.1. The molecule has 244 valence electrons. The molecule has 0 aromatic carbocycles. The van der Waals surface area contributed by atoms with Gasteiger partial charge in [0.15, 0.2) is 0 Å². The predicted octanol–water partition coefficient (Wildman–Crippen LogP) is 1.59. The minimum absolute atomic E-state index is 0.0963. The Kier molecular flexibility index (Phi) is 19.8. The largest absolute Gasteiger partial charge is 0.464 e. The van der Waals surface area contributed by atoms with Crippen LogP contribution in [0, 0.1) is 10.8 Å². The highest BCUT2D eigenvalue weighted by molar-refractivity contribution is 5.82. The first-order valence-corrected chi connectivity index (χ1v) is 13.0. The first kappa shape index (κ1) is 39.4. The summed E-state index contributed by atoms with van der Waals surface area (Å²) in [5.74, 6) is -4.36. The summed E-state index contributed by atoms with van der Waals surface area (Å²) >= 11 is 0. The minimum atomic E-state index is -1.22. The van der Waals surface area contributed by atoms with Crippen molar-refractivity contribution in [3.63, 3.8) is 0 Å². The molecule has 0 amide bonds. The first-order valence-electron chi connectivity index (χ1n) is 13.0. The summed E-state index contributed by atoms with van der Waals surface area (Å²) < 4.78 is 41.3. The summed E-state index contributed by atoms with van der Waals surface area (Å²) in [6, 6.07) is 0. The van der Waals surface area contributed by atoms with Crippen molar-refractivity contribution in [2.75, 3.05) is 67.1 Å². The molecule has 0 atom stereocenters. The average molecular weight is 625 g/mol. The number of rotatable bonds is 24. The maximum absolute atomic E-state index is 12.4. The van der Waals surface area contributed by atoms with Gasteiger partial charge in [-0.05, 0) is 0 Å². The lowest BCUT2D eigenvalue weighted by Gasteiger charge is -2.31. The number of carbonyl (C=O) groups excluding carboxylic acids is 6. The van der Waals surface area contributed by atoms with E-state index in [-0.39, 0.29) is 65.7 Å². The molecule has 0 rings (SSSR count). The van der Waals surface area contributed by atoms with Gasteiger partial charge < -0.3 is 37.9 Å². The van der Waals surface area contributed by atoms with Crippen LogP contribution in [-0.4, -0.2) is 103 Å². The van der Waals surface area contributed by atoms with Crippen molar-refractivity contribution >= 4 is 35.8 Å². The van der Waals surface area contributed by atoms with Gasteiger partial charge >= 0.3 is 35.8 Å². The standard InChI is InChI=1S/C30H40O14/c1-7-23(31)39-17-29(15-37-5,18-40-24(32)8-2)21-43-27(35)13-11-12-14-28(36)44-22-30(16-38-6,19-41-25(33)9-3)20-42-26(34)10-4/h7-12H,1-4,13-22H2,5-6H3/b12-11+. The van der Waals surface area contributed by atoms with Crippen molar-refractivity contribution in [2.24, 2.45) is 10.8 Å². The lowest BCUT2D eigenvalue weighted by molar-refractivity contribution is -0.164. The molecule has 44 heavy (non-hydrogen) atoms. The zero-order valence-corrected chi connectivity index (χ0v) is 25.1. The van der Waals surface area contributed by atoms with Crippen LogP contribution in [0.1, 0.15) is 12.8 Å². The molecular formula is C30H40O14. The molecule has 0 bridgehead atoms. The minimum Gasteiger partial charge on any atom is -0.464 e. The van der Waals surface area contributed by atoms with E-state index in [2.05, 4.69) is 26.3 Å². The highest BCUT2D eigenvalue weighted by atomic mass is 16.6. The quantitative estimate of drug-likeness (QED) is 0.0655. The van der Waals surface area contributed by atoms with Gasteiger partial charge in [-0.2, -0.15) is 0 Å². The van der Waals surface area contributed by atoms with Gasteiger partial charge in [0.05, 0.1) is 36.9 Å². The third-order valence-electron chi connectivity index (χ3n) is 5.46. The van der Waals surface area contributed by atoms with E-state index in [0.29, 0.717) is 0 Å². The lowest BCUT2D eigenvalue weighted by Crippen LogP contribution is -2.43. The molecule has 0 aliphatic carbocycles. The van der Waals surface area contributed by atoms with Crippen LogP contribution in [0.25, 0.3) is 0 Å².